The third-order valence-corrected chi connectivity index (χ3v) is 6.54. The van der Waals surface area contributed by atoms with Crippen molar-refractivity contribution in [2.75, 3.05) is 20.1 Å². The fourth-order valence-electron chi connectivity index (χ4n) is 1.91. The van der Waals surface area contributed by atoms with Gasteiger partial charge < -0.3 is 5.32 Å². The molecule has 0 aliphatic heterocycles. The van der Waals surface area contributed by atoms with E-state index in [4.69, 9.17) is 0 Å². The van der Waals surface area contributed by atoms with Crippen LogP contribution in [0.15, 0.2) is 10.3 Å². The Kier molecular flexibility index (Phi) is 6.64. The highest BCUT2D eigenvalue weighted by Gasteiger charge is 2.27. The Balaban J connectivity index is 2.99. The molecule has 0 atom stereocenters. The van der Waals surface area contributed by atoms with E-state index < -0.39 is 10.0 Å². The van der Waals surface area contributed by atoms with Gasteiger partial charge in [0.2, 0.25) is 10.0 Å². The molecule has 1 heterocycles. The van der Waals surface area contributed by atoms with Crippen molar-refractivity contribution >= 4 is 21.4 Å². The average molecular weight is 319 g/mol. The van der Waals surface area contributed by atoms with Gasteiger partial charge in [-0.05, 0) is 36.8 Å². The van der Waals surface area contributed by atoms with Crippen LogP contribution < -0.4 is 5.32 Å². The van der Waals surface area contributed by atoms with Crippen molar-refractivity contribution in [2.24, 2.45) is 5.92 Å². The average Bonchev–Trinajstić information content (AvgIpc) is 2.75. The topological polar surface area (TPSA) is 49.4 Å². The van der Waals surface area contributed by atoms with E-state index in [1.165, 1.54) is 15.6 Å². The molecule has 1 N–H and O–H groups in total. The van der Waals surface area contributed by atoms with Gasteiger partial charge in [-0.3, -0.25) is 0 Å². The maximum absolute atomic E-state index is 12.7. The third kappa shape index (κ3) is 4.28. The Morgan fingerprint density at radius 1 is 1.40 bits per heavy atom. The molecule has 0 aromatic carbocycles. The Labute approximate surface area is 127 Å². The fourth-order valence-corrected chi connectivity index (χ4v) is 4.82. The predicted molar refractivity (Wildman–Crippen MR) is 85.7 cm³/mol. The molecule has 116 valence electrons. The summed E-state index contributed by atoms with van der Waals surface area (Å²) in [5.41, 5.74) is 0.847. The highest BCUT2D eigenvalue weighted by atomic mass is 32.2. The van der Waals surface area contributed by atoms with Gasteiger partial charge in [0, 0.05) is 25.0 Å². The van der Waals surface area contributed by atoms with Crippen LogP contribution in [0.4, 0.5) is 0 Å². The van der Waals surface area contributed by atoms with Crippen molar-refractivity contribution in [1.29, 1.82) is 0 Å². The summed E-state index contributed by atoms with van der Waals surface area (Å²) < 4.78 is 26.9. The van der Waals surface area contributed by atoms with Gasteiger partial charge in [0.25, 0.3) is 0 Å². The van der Waals surface area contributed by atoms with E-state index in [0.29, 0.717) is 23.9 Å². The summed E-state index contributed by atoms with van der Waals surface area (Å²) in [6.45, 7) is 10.1. The zero-order chi connectivity index (χ0) is 15.3. The van der Waals surface area contributed by atoms with Crippen molar-refractivity contribution < 1.29 is 8.42 Å². The van der Waals surface area contributed by atoms with Crippen molar-refractivity contribution in [3.63, 3.8) is 0 Å². The lowest BCUT2D eigenvalue weighted by molar-refractivity contribution is 0.427. The van der Waals surface area contributed by atoms with Crippen molar-refractivity contribution in [3.05, 3.63) is 15.8 Å². The monoisotopic (exact) mass is 318 g/mol. The first-order valence-corrected chi connectivity index (χ1v) is 9.36. The Bertz CT molecular complexity index is 521. The Hall–Kier alpha value is -0.430. The number of nitrogens with one attached hydrogen (secondary N) is 1. The van der Waals surface area contributed by atoms with E-state index >= 15 is 0 Å². The lowest BCUT2D eigenvalue weighted by Crippen LogP contribution is -2.30. The Morgan fingerprint density at radius 2 is 2.05 bits per heavy atom. The van der Waals surface area contributed by atoms with Crippen LogP contribution in [0.2, 0.25) is 0 Å². The van der Waals surface area contributed by atoms with E-state index in [1.807, 2.05) is 19.2 Å². The predicted octanol–water partition coefficient (Wildman–Crippen LogP) is 2.83. The summed E-state index contributed by atoms with van der Waals surface area (Å²) in [7, 11) is -1.71. The van der Waals surface area contributed by atoms with Crippen LogP contribution in [-0.4, -0.2) is 32.9 Å². The van der Waals surface area contributed by atoms with Crippen LogP contribution in [0.5, 0.6) is 0 Å². The van der Waals surface area contributed by atoms with Crippen molar-refractivity contribution in [3.8, 4) is 0 Å². The minimum atomic E-state index is -3.38. The molecule has 0 aliphatic carbocycles. The standard InChI is InChI=1S/C14H26N2O2S2/c1-6-15-9-13-14(12(4)10-19-13)20(17,18)16(5)8-7-11(2)3/h10-11,15H,6-9H2,1-5H3. The van der Waals surface area contributed by atoms with Gasteiger partial charge in [-0.15, -0.1) is 11.3 Å². The molecule has 0 unspecified atom stereocenters. The fraction of sp³-hybridized carbons (Fsp3) is 0.714. The second-order valence-electron chi connectivity index (χ2n) is 5.46. The molecule has 0 saturated carbocycles. The number of sulfonamides is 1. The van der Waals surface area contributed by atoms with E-state index in [0.717, 1.165) is 23.4 Å². The molecule has 0 spiro atoms. The second-order valence-corrected chi connectivity index (χ2v) is 8.41. The van der Waals surface area contributed by atoms with E-state index in [9.17, 15) is 8.42 Å². The highest BCUT2D eigenvalue weighted by molar-refractivity contribution is 7.89. The molecule has 4 nitrogen and oxygen atoms in total. The smallest absolute Gasteiger partial charge is 0.244 e. The minimum Gasteiger partial charge on any atom is -0.312 e. The van der Waals surface area contributed by atoms with Crippen LogP contribution in [0, 0.1) is 12.8 Å². The maximum atomic E-state index is 12.7. The van der Waals surface area contributed by atoms with Gasteiger partial charge >= 0.3 is 0 Å². The molecule has 0 saturated heterocycles. The molecule has 0 radical (unpaired) electrons. The molecule has 0 bridgehead atoms. The quantitative estimate of drug-likeness (QED) is 0.802. The van der Waals surface area contributed by atoms with Gasteiger partial charge in [-0.25, -0.2) is 12.7 Å². The van der Waals surface area contributed by atoms with Gasteiger partial charge in [0.15, 0.2) is 0 Å². The van der Waals surface area contributed by atoms with E-state index in [1.54, 1.807) is 7.05 Å². The summed E-state index contributed by atoms with van der Waals surface area (Å²) in [5, 5.41) is 5.13. The van der Waals surface area contributed by atoms with E-state index in [-0.39, 0.29) is 0 Å². The molecule has 1 aromatic rings. The first kappa shape index (κ1) is 17.6. The second kappa shape index (κ2) is 7.54. The number of nitrogens with zero attached hydrogens (tertiary/aromatic N) is 1. The van der Waals surface area contributed by atoms with Crippen LogP contribution in [0.25, 0.3) is 0 Å². The molecule has 1 aromatic heterocycles. The number of aryl methyl sites for hydroxylation is 1. The summed E-state index contributed by atoms with van der Waals surface area (Å²) in [6.07, 6.45) is 0.876. The zero-order valence-corrected chi connectivity index (χ0v) is 14.7. The molecule has 0 aliphatic rings. The van der Waals surface area contributed by atoms with Crippen molar-refractivity contribution in [1.82, 2.24) is 9.62 Å². The highest BCUT2D eigenvalue weighted by Crippen LogP contribution is 2.29. The third-order valence-electron chi connectivity index (χ3n) is 3.21. The largest absolute Gasteiger partial charge is 0.312 e. The Morgan fingerprint density at radius 3 is 2.60 bits per heavy atom. The number of thiophene rings is 1. The van der Waals surface area contributed by atoms with Gasteiger partial charge in [-0.2, -0.15) is 0 Å². The first-order chi connectivity index (χ1) is 9.30. The first-order valence-electron chi connectivity index (χ1n) is 7.04. The van der Waals surface area contributed by atoms with Gasteiger partial charge in [0.1, 0.15) is 4.90 Å². The summed E-state index contributed by atoms with van der Waals surface area (Å²) in [5.74, 6) is 0.498. The van der Waals surface area contributed by atoms with Crippen LogP contribution in [-0.2, 0) is 16.6 Å². The normalized spacial score (nSPS) is 12.6. The molecule has 1 rings (SSSR count). The maximum Gasteiger partial charge on any atom is 0.244 e. The number of hydrogen-bond donors (Lipinski definition) is 1. The molecular formula is C14H26N2O2S2. The minimum absolute atomic E-state index is 0.495. The van der Waals surface area contributed by atoms with Crippen LogP contribution >= 0.6 is 11.3 Å². The lowest BCUT2D eigenvalue weighted by atomic mass is 10.1. The summed E-state index contributed by atoms with van der Waals surface area (Å²) in [6, 6.07) is 0. The molecule has 0 fully saturated rings. The lowest BCUT2D eigenvalue weighted by Gasteiger charge is -2.19. The zero-order valence-electron chi connectivity index (χ0n) is 13.1. The van der Waals surface area contributed by atoms with Crippen molar-refractivity contribution in [2.45, 2.75) is 45.6 Å². The summed E-state index contributed by atoms with van der Waals surface area (Å²) in [4.78, 5) is 1.40. The molecule has 20 heavy (non-hydrogen) atoms. The van der Waals surface area contributed by atoms with Crippen LogP contribution in [0.3, 0.4) is 0 Å². The number of rotatable bonds is 8. The van der Waals surface area contributed by atoms with Gasteiger partial charge in [0.05, 0.1) is 0 Å². The molecule has 0 amide bonds. The van der Waals surface area contributed by atoms with Crippen LogP contribution in [0.1, 0.15) is 37.6 Å². The molecule has 6 heteroatoms. The van der Waals surface area contributed by atoms with Gasteiger partial charge in [-0.1, -0.05) is 20.8 Å². The summed E-state index contributed by atoms with van der Waals surface area (Å²) >= 11 is 1.52. The van der Waals surface area contributed by atoms with E-state index in [2.05, 4.69) is 19.2 Å². The molecular weight excluding hydrogens is 292 g/mol. The SMILES string of the molecule is CCNCc1scc(C)c1S(=O)(=O)N(C)CCC(C)C. The number of hydrogen-bond acceptors (Lipinski definition) is 4.